The molecule has 2 aromatic carbocycles. The first-order chi connectivity index (χ1) is 13.6. The molecule has 0 radical (unpaired) electrons. The Kier molecular flexibility index (Phi) is 4.70. The summed E-state index contributed by atoms with van der Waals surface area (Å²) in [6.07, 6.45) is -3.20. The third kappa shape index (κ3) is 3.16. The zero-order chi connectivity index (χ0) is 19.3. The maximum absolute atomic E-state index is 13.2. The molecule has 3 fully saturated rings. The lowest BCUT2D eigenvalue weighted by molar-refractivity contribution is -0.310. The first-order valence-corrected chi connectivity index (χ1v) is 9.01. The SMILES string of the molecule is OC[C@H]1O[C@H]2OB(c3ccc(F)cc3)O[C@@H]3[C@H]2OB(c2ccc(F)cc2)O[C@@H]31. The highest BCUT2D eigenvalue weighted by Crippen LogP contribution is 2.36. The lowest BCUT2D eigenvalue weighted by Crippen LogP contribution is -2.74. The van der Waals surface area contributed by atoms with Crippen LogP contribution in [0.3, 0.4) is 0 Å². The van der Waals surface area contributed by atoms with E-state index in [4.69, 9.17) is 23.4 Å². The van der Waals surface area contributed by atoms with E-state index in [1.165, 1.54) is 24.3 Å². The van der Waals surface area contributed by atoms with Gasteiger partial charge < -0.3 is 28.5 Å². The average Bonchev–Trinajstić information content (AvgIpc) is 2.70. The minimum absolute atomic E-state index is 0.283. The number of hydrogen-bond acceptors (Lipinski definition) is 6. The summed E-state index contributed by atoms with van der Waals surface area (Å²) in [6.45, 7) is -0.283. The first kappa shape index (κ1) is 18.2. The van der Waals surface area contributed by atoms with Gasteiger partial charge in [-0.2, -0.15) is 0 Å². The van der Waals surface area contributed by atoms with Gasteiger partial charge in [0, 0.05) is 0 Å². The van der Waals surface area contributed by atoms with Gasteiger partial charge in [0.15, 0.2) is 6.29 Å². The number of halogens is 2. The van der Waals surface area contributed by atoms with E-state index in [-0.39, 0.29) is 18.2 Å². The van der Waals surface area contributed by atoms with Crippen molar-refractivity contribution in [3.63, 3.8) is 0 Å². The molecule has 3 heterocycles. The molecule has 5 atom stereocenters. The summed E-state index contributed by atoms with van der Waals surface area (Å²) < 4.78 is 56.2. The van der Waals surface area contributed by atoms with Gasteiger partial charge >= 0.3 is 14.2 Å². The van der Waals surface area contributed by atoms with Gasteiger partial charge in [-0.1, -0.05) is 24.3 Å². The zero-order valence-corrected chi connectivity index (χ0v) is 14.6. The van der Waals surface area contributed by atoms with Gasteiger partial charge in [0.25, 0.3) is 0 Å². The van der Waals surface area contributed by atoms with Crippen molar-refractivity contribution < 1.29 is 37.2 Å². The van der Waals surface area contributed by atoms with E-state index >= 15 is 0 Å². The number of rotatable bonds is 3. The summed E-state index contributed by atoms with van der Waals surface area (Å²) in [5.41, 5.74) is 1.28. The third-order valence-electron chi connectivity index (χ3n) is 5.16. The average molecular weight is 388 g/mol. The molecule has 1 N–H and O–H groups in total. The number of aliphatic hydroxyl groups is 1. The summed E-state index contributed by atoms with van der Waals surface area (Å²) in [4.78, 5) is 0. The lowest BCUT2D eigenvalue weighted by atomic mass is 9.72. The Hall–Kier alpha value is -1.81. The van der Waals surface area contributed by atoms with Gasteiger partial charge in [0.05, 0.1) is 18.8 Å². The van der Waals surface area contributed by atoms with Crippen LogP contribution in [-0.2, 0) is 23.4 Å². The van der Waals surface area contributed by atoms with Gasteiger partial charge in [0.2, 0.25) is 0 Å². The Balaban J connectivity index is 1.41. The fourth-order valence-corrected chi connectivity index (χ4v) is 3.77. The van der Waals surface area contributed by atoms with Crippen molar-refractivity contribution in [3.05, 3.63) is 60.2 Å². The highest BCUT2D eigenvalue weighted by molar-refractivity contribution is 6.62. The van der Waals surface area contributed by atoms with Crippen molar-refractivity contribution in [1.29, 1.82) is 0 Å². The molecule has 3 aliphatic rings. The maximum Gasteiger partial charge on any atom is 0.496 e. The van der Waals surface area contributed by atoms with E-state index in [1.54, 1.807) is 24.3 Å². The standard InChI is InChI=1S/C18H16B2F2O6/c21-12-5-1-10(2-6-12)19-25-15-14(9-23)24-18-17(27-19)16(15)26-20(28-18)11-3-7-13(22)8-4-11/h1-8,14-18,23H,9H2/t14-,15-,16+,17-,18+/m1/s1. The van der Waals surface area contributed by atoms with Crippen LogP contribution in [0.1, 0.15) is 0 Å². The molecule has 0 aliphatic carbocycles. The minimum atomic E-state index is -0.797. The van der Waals surface area contributed by atoms with E-state index in [2.05, 4.69) is 0 Å². The molecule has 0 aromatic heterocycles. The Morgan fingerprint density at radius 3 is 1.79 bits per heavy atom. The molecular formula is C18H16B2F2O6. The third-order valence-corrected chi connectivity index (χ3v) is 5.16. The topological polar surface area (TPSA) is 66.4 Å². The second kappa shape index (κ2) is 7.22. The molecule has 3 aliphatic heterocycles. The molecule has 10 heteroatoms. The monoisotopic (exact) mass is 388 g/mol. The first-order valence-electron chi connectivity index (χ1n) is 9.01. The number of aliphatic hydroxyl groups excluding tert-OH is 1. The molecule has 3 saturated heterocycles. The second-order valence-electron chi connectivity index (χ2n) is 6.93. The largest absolute Gasteiger partial charge is 0.496 e. The Bertz CT molecular complexity index is 837. The molecule has 28 heavy (non-hydrogen) atoms. The van der Waals surface area contributed by atoms with Crippen LogP contribution in [0, 0.1) is 11.6 Å². The van der Waals surface area contributed by atoms with Crippen molar-refractivity contribution in [2.75, 3.05) is 6.61 Å². The fourth-order valence-electron chi connectivity index (χ4n) is 3.77. The molecule has 6 nitrogen and oxygen atoms in total. The summed E-state index contributed by atoms with van der Waals surface area (Å²) in [7, 11) is -1.54. The van der Waals surface area contributed by atoms with Gasteiger partial charge in [0.1, 0.15) is 23.8 Å². The van der Waals surface area contributed by atoms with Crippen molar-refractivity contribution in [1.82, 2.24) is 0 Å². The molecule has 5 rings (SSSR count). The van der Waals surface area contributed by atoms with Crippen molar-refractivity contribution in [2.45, 2.75) is 30.7 Å². The van der Waals surface area contributed by atoms with Crippen LogP contribution in [-0.4, -0.2) is 56.7 Å². The number of benzene rings is 2. The smallest absolute Gasteiger partial charge is 0.399 e. The van der Waals surface area contributed by atoms with E-state index in [1.807, 2.05) is 0 Å². The van der Waals surface area contributed by atoms with Gasteiger partial charge in [-0.25, -0.2) is 8.78 Å². The Morgan fingerprint density at radius 2 is 1.21 bits per heavy atom. The Labute approximate surface area is 160 Å². The summed E-state index contributed by atoms with van der Waals surface area (Å²) >= 11 is 0. The highest BCUT2D eigenvalue weighted by Gasteiger charge is 2.59. The molecule has 0 amide bonds. The Morgan fingerprint density at radius 1 is 0.714 bits per heavy atom. The van der Waals surface area contributed by atoms with Crippen LogP contribution in [0.15, 0.2) is 48.5 Å². The predicted octanol–water partition coefficient (Wildman–Crippen LogP) is -0.0280. The molecule has 0 saturated carbocycles. The van der Waals surface area contributed by atoms with E-state index in [0.717, 1.165) is 0 Å². The zero-order valence-electron chi connectivity index (χ0n) is 14.6. The van der Waals surface area contributed by atoms with Gasteiger partial charge in [-0.15, -0.1) is 0 Å². The van der Waals surface area contributed by atoms with Crippen molar-refractivity contribution in [2.24, 2.45) is 0 Å². The number of hydrogen-bond donors (Lipinski definition) is 1. The lowest BCUT2D eigenvalue weighted by Gasteiger charge is -2.54. The van der Waals surface area contributed by atoms with Crippen LogP contribution < -0.4 is 10.9 Å². The molecule has 0 spiro atoms. The molecule has 2 aromatic rings. The summed E-state index contributed by atoms with van der Waals surface area (Å²) in [6, 6.07) is 11.6. The van der Waals surface area contributed by atoms with Crippen LogP contribution in [0.5, 0.6) is 0 Å². The van der Waals surface area contributed by atoms with Crippen LogP contribution in [0.2, 0.25) is 0 Å². The van der Waals surface area contributed by atoms with E-state index < -0.39 is 44.9 Å². The predicted molar refractivity (Wildman–Crippen MR) is 95.0 cm³/mol. The van der Waals surface area contributed by atoms with E-state index in [0.29, 0.717) is 10.9 Å². The second-order valence-corrected chi connectivity index (χ2v) is 6.93. The molecule has 0 unspecified atom stereocenters. The maximum atomic E-state index is 13.2. The minimum Gasteiger partial charge on any atom is -0.399 e. The highest BCUT2D eigenvalue weighted by atomic mass is 19.1. The summed E-state index contributed by atoms with van der Waals surface area (Å²) in [5, 5.41) is 9.72. The summed E-state index contributed by atoms with van der Waals surface area (Å²) in [5.74, 6) is -0.718. The quantitative estimate of drug-likeness (QED) is 0.746. The van der Waals surface area contributed by atoms with Crippen LogP contribution >= 0.6 is 0 Å². The van der Waals surface area contributed by atoms with Gasteiger partial charge in [-0.3, -0.25) is 0 Å². The molecule has 4 bridgehead atoms. The normalized spacial score (nSPS) is 31.8. The van der Waals surface area contributed by atoms with Crippen LogP contribution in [0.25, 0.3) is 0 Å². The van der Waals surface area contributed by atoms with Crippen molar-refractivity contribution >= 4 is 25.2 Å². The van der Waals surface area contributed by atoms with Crippen molar-refractivity contribution in [3.8, 4) is 0 Å². The van der Waals surface area contributed by atoms with Crippen LogP contribution in [0.4, 0.5) is 8.78 Å². The van der Waals surface area contributed by atoms with Gasteiger partial charge in [-0.05, 0) is 35.2 Å². The van der Waals surface area contributed by atoms with E-state index in [9.17, 15) is 13.9 Å². The molecular weight excluding hydrogens is 372 g/mol. The fraction of sp³-hybridized carbons (Fsp3) is 0.333. The number of ether oxygens (including phenoxy) is 1. The molecule has 144 valence electrons.